The molecule has 2 aliphatic rings. The first-order valence-corrected chi connectivity index (χ1v) is 15.0. The molecule has 0 saturated carbocycles. The molecular formula is C41H29N3. The molecule has 3 nitrogen and oxygen atoms in total. The lowest BCUT2D eigenvalue weighted by Gasteiger charge is -2.30. The molecule has 0 N–H and O–H groups in total. The maximum atomic E-state index is 5.13. The summed E-state index contributed by atoms with van der Waals surface area (Å²) in [6, 6.07) is 43.3. The van der Waals surface area contributed by atoms with Crippen molar-refractivity contribution in [1.82, 2.24) is 15.0 Å². The van der Waals surface area contributed by atoms with E-state index in [9.17, 15) is 0 Å². The Balaban J connectivity index is 1.45. The summed E-state index contributed by atoms with van der Waals surface area (Å²) in [5.41, 5.74) is 12.6. The van der Waals surface area contributed by atoms with Crippen molar-refractivity contribution in [1.29, 1.82) is 0 Å². The molecule has 0 unspecified atom stereocenters. The minimum atomic E-state index is -0.422. The molecule has 0 fully saturated rings. The third-order valence-corrected chi connectivity index (χ3v) is 8.91. The molecule has 1 heterocycles. The van der Waals surface area contributed by atoms with Crippen molar-refractivity contribution in [2.24, 2.45) is 0 Å². The van der Waals surface area contributed by atoms with Gasteiger partial charge < -0.3 is 0 Å². The van der Waals surface area contributed by atoms with Gasteiger partial charge in [-0.25, -0.2) is 15.0 Å². The number of nitrogens with zero attached hydrogens (tertiary/aromatic N) is 3. The summed E-state index contributed by atoms with van der Waals surface area (Å²) < 4.78 is 0. The summed E-state index contributed by atoms with van der Waals surface area (Å²) in [6.45, 7) is 5.85. The third kappa shape index (κ3) is 3.66. The summed E-state index contributed by atoms with van der Waals surface area (Å²) in [7, 11) is 0. The van der Waals surface area contributed by atoms with Crippen molar-refractivity contribution >= 4 is 5.57 Å². The van der Waals surface area contributed by atoms with Crippen molar-refractivity contribution in [3.63, 3.8) is 0 Å². The van der Waals surface area contributed by atoms with E-state index < -0.39 is 5.41 Å². The Hall–Kier alpha value is -5.67. The molecule has 208 valence electrons. The van der Waals surface area contributed by atoms with E-state index in [0.717, 1.165) is 16.7 Å². The van der Waals surface area contributed by atoms with Gasteiger partial charge in [0.15, 0.2) is 17.5 Å². The summed E-state index contributed by atoms with van der Waals surface area (Å²) in [5, 5.41) is 0. The zero-order valence-corrected chi connectivity index (χ0v) is 24.4. The van der Waals surface area contributed by atoms with Crippen molar-refractivity contribution < 1.29 is 0 Å². The van der Waals surface area contributed by atoms with E-state index in [0.29, 0.717) is 17.5 Å². The molecular weight excluding hydrogens is 534 g/mol. The molecule has 0 aliphatic heterocycles. The lowest BCUT2D eigenvalue weighted by molar-refractivity contribution is 0.794. The van der Waals surface area contributed by atoms with Crippen LogP contribution in [-0.4, -0.2) is 15.0 Å². The Morgan fingerprint density at radius 2 is 1.11 bits per heavy atom. The summed E-state index contributed by atoms with van der Waals surface area (Å²) >= 11 is 0. The minimum absolute atomic E-state index is 0.422. The quantitative estimate of drug-likeness (QED) is 0.196. The Morgan fingerprint density at radius 3 is 1.77 bits per heavy atom. The van der Waals surface area contributed by atoms with Crippen molar-refractivity contribution in [3.05, 3.63) is 180 Å². The van der Waals surface area contributed by atoms with Crippen LogP contribution in [0.5, 0.6) is 0 Å². The van der Waals surface area contributed by atoms with Crippen LogP contribution in [0.25, 0.3) is 50.6 Å². The maximum absolute atomic E-state index is 5.13. The molecule has 3 heteroatoms. The Labute approximate surface area is 257 Å². The van der Waals surface area contributed by atoms with E-state index in [1.165, 1.54) is 44.5 Å². The van der Waals surface area contributed by atoms with E-state index in [-0.39, 0.29) is 0 Å². The van der Waals surface area contributed by atoms with Crippen LogP contribution in [0.3, 0.4) is 0 Å². The fourth-order valence-corrected chi connectivity index (χ4v) is 7.14. The molecule has 44 heavy (non-hydrogen) atoms. The Bertz CT molecular complexity index is 2110. The highest BCUT2D eigenvalue weighted by Gasteiger charge is 2.52. The van der Waals surface area contributed by atoms with Gasteiger partial charge in [0.1, 0.15) is 0 Å². The van der Waals surface area contributed by atoms with Gasteiger partial charge in [-0.3, -0.25) is 0 Å². The first-order chi connectivity index (χ1) is 21.8. The van der Waals surface area contributed by atoms with Crippen LogP contribution >= 0.6 is 0 Å². The van der Waals surface area contributed by atoms with Gasteiger partial charge in [-0.2, -0.15) is 0 Å². The number of hydrogen-bond acceptors (Lipinski definition) is 3. The smallest absolute Gasteiger partial charge is 0.164 e. The molecule has 0 saturated heterocycles. The average Bonchev–Trinajstić information content (AvgIpc) is 3.56. The number of fused-ring (bicyclic) bond motifs is 10. The van der Waals surface area contributed by atoms with Gasteiger partial charge in [0.25, 0.3) is 0 Å². The number of benzene rings is 5. The van der Waals surface area contributed by atoms with Crippen LogP contribution < -0.4 is 0 Å². The van der Waals surface area contributed by atoms with Crippen LogP contribution in [-0.2, 0) is 5.41 Å². The third-order valence-electron chi connectivity index (χ3n) is 8.91. The highest BCUT2D eigenvalue weighted by molar-refractivity contribution is 5.99. The molecule has 1 spiro atoms. The molecule has 0 radical (unpaired) electrons. The van der Waals surface area contributed by atoms with E-state index in [1.807, 2.05) is 55.5 Å². The highest BCUT2D eigenvalue weighted by Crippen LogP contribution is 2.63. The van der Waals surface area contributed by atoms with Gasteiger partial charge in [-0.1, -0.05) is 152 Å². The monoisotopic (exact) mass is 563 g/mol. The van der Waals surface area contributed by atoms with E-state index in [1.54, 1.807) is 6.08 Å². The predicted molar refractivity (Wildman–Crippen MR) is 180 cm³/mol. The van der Waals surface area contributed by atoms with Crippen molar-refractivity contribution in [2.75, 3.05) is 0 Å². The molecule has 6 aromatic rings. The van der Waals surface area contributed by atoms with Crippen molar-refractivity contribution in [2.45, 2.75) is 12.3 Å². The van der Waals surface area contributed by atoms with E-state index >= 15 is 0 Å². The topological polar surface area (TPSA) is 38.7 Å². The summed E-state index contributed by atoms with van der Waals surface area (Å²) in [5.74, 6) is 1.93. The maximum Gasteiger partial charge on any atom is 0.164 e. The van der Waals surface area contributed by atoms with Crippen LogP contribution in [0.2, 0.25) is 0 Å². The van der Waals surface area contributed by atoms with E-state index in [4.69, 9.17) is 15.0 Å². The van der Waals surface area contributed by atoms with Gasteiger partial charge >= 0.3 is 0 Å². The number of hydrogen-bond donors (Lipinski definition) is 0. The normalized spacial score (nSPS) is 13.9. The van der Waals surface area contributed by atoms with E-state index in [2.05, 4.69) is 97.6 Å². The zero-order chi connectivity index (χ0) is 29.7. The zero-order valence-electron chi connectivity index (χ0n) is 24.4. The molecule has 0 atom stereocenters. The number of allylic oxidation sites excluding steroid dienone is 5. The lowest BCUT2D eigenvalue weighted by Crippen LogP contribution is -2.25. The predicted octanol–water partition coefficient (Wildman–Crippen LogP) is 9.69. The van der Waals surface area contributed by atoms with Gasteiger partial charge in [0.05, 0.1) is 5.41 Å². The van der Waals surface area contributed by atoms with Gasteiger partial charge in [-0.15, -0.1) is 0 Å². The first-order valence-electron chi connectivity index (χ1n) is 15.0. The van der Waals surface area contributed by atoms with Crippen LogP contribution in [0.1, 0.15) is 35.0 Å². The van der Waals surface area contributed by atoms with Crippen molar-refractivity contribution in [3.8, 4) is 45.0 Å². The second kappa shape index (κ2) is 10.3. The van der Waals surface area contributed by atoms with Crippen LogP contribution in [0.15, 0.2) is 152 Å². The lowest BCUT2D eigenvalue weighted by atomic mass is 9.70. The standard InChI is InChI=1S/C41H29N3/c1-3-5-16-27(4-2)38-42-39(28-17-7-6-8-18-28)44-40(43-38)32-22-15-26-36-37(32)31-21-11-14-25-35(31)41(36)33-23-12-9-19-29(33)30-20-10-13-24-34(30)41/h3-26H,1H2,2H3/b16-5-,27-4+. The minimum Gasteiger partial charge on any atom is -0.208 e. The molecule has 5 aromatic carbocycles. The second-order valence-corrected chi connectivity index (χ2v) is 11.1. The first kappa shape index (κ1) is 26.0. The van der Waals surface area contributed by atoms with Crippen LogP contribution in [0.4, 0.5) is 0 Å². The molecule has 8 rings (SSSR count). The highest BCUT2D eigenvalue weighted by atomic mass is 15.0. The second-order valence-electron chi connectivity index (χ2n) is 11.1. The molecule has 0 bridgehead atoms. The SMILES string of the molecule is C=C/C=C\C(=C/C)c1nc(-c2ccccc2)nc(-c2cccc3c2-c2ccccc2C32c3ccccc3-c3ccccc32)n1. The largest absolute Gasteiger partial charge is 0.208 e. The Morgan fingerprint density at radius 1 is 0.568 bits per heavy atom. The molecule has 0 amide bonds. The molecule has 2 aliphatic carbocycles. The fraction of sp³-hybridized carbons (Fsp3) is 0.0488. The number of rotatable bonds is 5. The fourth-order valence-electron chi connectivity index (χ4n) is 7.14. The number of aromatic nitrogens is 3. The molecule has 1 aromatic heterocycles. The van der Waals surface area contributed by atoms with Gasteiger partial charge in [0, 0.05) is 16.7 Å². The van der Waals surface area contributed by atoms with Gasteiger partial charge in [-0.05, 0) is 51.4 Å². The summed E-state index contributed by atoms with van der Waals surface area (Å²) in [4.78, 5) is 15.2. The van der Waals surface area contributed by atoms with Gasteiger partial charge in [0.2, 0.25) is 0 Å². The van der Waals surface area contributed by atoms with Crippen LogP contribution in [0, 0.1) is 0 Å². The Kier molecular flexibility index (Phi) is 6.06. The summed E-state index contributed by atoms with van der Waals surface area (Å²) in [6.07, 6.45) is 7.70. The average molecular weight is 564 g/mol.